The van der Waals surface area contributed by atoms with Gasteiger partial charge in [-0.3, -0.25) is 4.79 Å². The van der Waals surface area contributed by atoms with Gasteiger partial charge in [-0.1, -0.05) is 6.92 Å². The molecule has 0 radical (unpaired) electrons. The largest absolute Gasteiger partial charge is 0.481 e. The summed E-state index contributed by atoms with van der Waals surface area (Å²) in [7, 11) is 0. The van der Waals surface area contributed by atoms with Gasteiger partial charge in [0.1, 0.15) is 11.6 Å². The van der Waals surface area contributed by atoms with E-state index in [9.17, 15) is 9.18 Å². The van der Waals surface area contributed by atoms with Gasteiger partial charge in [0.05, 0.1) is 17.0 Å². The molecule has 0 aliphatic heterocycles. The van der Waals surface area contributed by atoms with Crippen molar-refractivity contribution in [2.75, 3.05) is 13.1 Å². The van der Waals surface area contributed by atoms with E-state index in [1.54, 1.807) is 13.0 Å². The highest BCUT2D eigenvalue weighted by Gasteiger charge is 2.09. The molecule has 0 aliphatic carbocycles. The Morgan fingerprint density at radius 2 is 2.37 bits per heavy atom. The maximum atomic E-state index is 13.0. The average molecular weight is 265 g/mol. The number of benzene rings is 1. The molecule has 1 unspecified atom stereocenters. The summed E-state index contributed by atoms with van der Waals surface area (Å²) in [4.78, 5) is 18.0. The van der Waals surface area contributed by atoms with Crippen LogP contribution in [0.15, 0.2) is 18.2 Å². The van der Waals surface area contributed by atoms with E-state index in [1.165, 1.54) is 12.1 Å². The summed E-state index contributed by atoms with van der Waals surface area (Å²) < 4.78 is 13.0. The average Bonchev–Trinajstić information content (AvgIpc) is 2.75. The van der Waals surface area contributed by atoms with E-state index in [4.69, 9.17) is 5.11 Å². The third kappa shape index (κ3) is 3.51. The van der Waals surface area contributed by atoms with E-state index >= 15 is 0 Å². The summed E-state index contributed by atoms with van der Waals surface area (Å²) in [5.74, 6) is -0.760. The van der Waals surface area contributed by atoms with E-state index in [0.29, 0.717) is 25.0 Å². The minimum Gasteiger partial charge on any atom is -0.481 e. The number of aromatic nitrogens is 2. The molecule has 3 N–H and O–H groups in total. The number of carboxylic acid groups (broad SMARTS) is 1. The number of aliphatic carboxylic acids is 1. The molecule has 0 fully saturated rings. The first-order chi connectivity index (χ1) is 9.06. The van der Waals surface area contributed by atoms with Crippen molar-refractivity contribution in [2.24, 2.45) is 5.92 Å². The van der Waals surface area contributed by atoms with Crippen LogP contribution in [0.1, 0.15) is 12.7 Å². The number of halogens is 1. The molecule has 0 aliphatic rings. The zero-order valence-electron chi connectivity index (χ0n) is 10.6. The summed E-state index contributed by atoms with van der Waals surface area (Å²) in [5.41, 5.74) is 1.41. The molecule has 0 amide bonds. The van der Waals surface area contributed by atoms with Crippen molar-refractivity contribution in [2.45, 2.75) is 13.3 Å². The van der Waals surface area contributed by atoms with E-state index < -0.39 is 11.9 Å². The van der Waals surface area contributed by atoms with E-state index in [2.05, 4.69) is 15.3 Å². The molecule has 1 aromatic heterocycles. The molecule has 6 heteroatoms. The fourth-order valence-corrected chi connectivity index (χ4v) is 1.77. The molecule has 1 aromatic carbocycles. The third-order valence-electron chi connectivity index (χ3n) is 2.90. The molecular formula is C13H16FN3O2. The van der Waals surface area contributed by atoms with Gasteiger partial charge in [-0.15, -0.1) is 0 Å². The van der Waals surface area contributed by atoms with Crippen LogP contribution in [-0.2, 0) is 11.2 Å². The van der Waals surface area contributed by atoms with Gasteiger partial charge in [0.2, 0.25) is 0 Å². The Morgan fingerprint density at radius 1 is 1.58 bits per heavy atom. The van der Waals surface area contributed by atoms with Gasteiger partial charge < -0.3 is 15.4 Å². The summed E-state index contributed by atoms with van der Waals surface area (Å²) in [6, 6.07) is 4.41. The number of nitrogens with zero attached hydrogens (tertiary/aromatic N) is 1. The monoisotopic (exact) mass is 265 g/mol. The molecule has 2 rings (SSSR count). The normalized spacial score (nSPS) is 12.7. The van der Waals surface area contributed by atoms with E-state index in [1.807, 2.05) is 0 Å². The predicted octanol–water partition coefficient (Wildman–Crippen LogP) is 1.55. The smallest absolute Gasteiger partial charge is 0.307 e. The molecule has 1 heterocycles. The zero-order chi connectivity index (χ0) is 13.8. The van der Waals surface area contributed by atoms with Crippen LogP contribution < -0.4 is 5.32 Å². The maximum Gasteiger partial charge on any atom is 0.307 e. The number of nitrogens with one attached hydrogen (secondary N) is 2. The van der Waals surface area contributed by atoms with Gasteiger partial charge >= 0.3 is 5.97 Å². The Labute approximate surface area is 109 Å². The molecule has 0 saturated heterocycles. The minimum absolute atomic E-state index is 0.295. The number of carbonyl (C=O) groups is 1. The Hall–Kier alpha value is -1.95. The molecular weight excluding hydrogens is 249 g/mol. The van der Waals surface area contributed by atoms with Crippen LogP contribution in [0.5, 0.6) is 0 Å². The first kappa shape index (κ1) is 13.5. The van der Waals surface area contributed by atoms with Crippen molar-refractivity contribution in [3.63, 3.8) is 0 Å². The van der Waals surface area contributed by atoms with Gasteiger partial charge in [0.25, 0.3) is 0 Å². The van der Waals surface area contributed by atoms with Crippen LogP contribution >= 0.6 is 0 Å². The van der Waals surface area contributed by atoms with Crippen molar-refractivity contribution < 1.29 is 14.3 Å². The Morgan fingerprint density at radius 3 is 3.11 bits per heavy atom. The Kier molecular flexibility index (Phi) is 4.11. The molecule has 5 nitrogen and oxygen atoms in total. The SMILES string of the molecule is CC(CNCCc1nc2ccc(F)cc2[nH]1)C(=O)O. The van der Waals surface area contributed by atoms with Crippen molar-refractivity contribution in [1.29, 1.82) is 0 Å². The molecule has 0 bridgehead atoms. The van der Waals surface area contributed by atoms with Gasteiger partial charge in [-0.05, 0) is 18.2 Å². The second-order valence-electron chi connectivity index (χ2n) is 4.54. The molecule has 2 aromatic rings. The predicted molar refractivity (Wildman–Crippen MR) is 69.4 cm³/mol. The minimum atomic E-state index is -0.813. The van der Waals surface area contributed by atoms with E-state index in [-0.39, 0.29) is 5.82 Å². The van der Waals surface area contributed by atoms with Crippen molar-refractivity contribution in [3.8, 4) is 0 Å². The van der Waals surface area contributed by atoms with Crippen molar-refractivity contribution in [1.82, 2.24) is 15.3 Å². The lowest BCUT2D eigenvalue weighted by Gasteiger charge is -2.06. The third-order valence-corrected chi connectivity index (χ3v) is 2.90. The van der Waals surface area contributed by atoms with Crippen molar-refractivity contribution in [3.05, 3.63) is 29.8 Å². The van der Waals surface area contributed by atoms with Gasteiger partial charge in [-0.2, -0.15) is 0 Å². The molecule has 102 valence electrons. The van der Waals surface area contributed by atoms with Crippen LogP contribution in [0.25, 0.3) is 11.0 Å². The summed E-state index contributed by atoms with van der Waals surface area (Å²) in [6.07, 6.45) is 0.642. The van der Waals surface area contributed by atoms with Crippen LogP contribution in [0.2, 0.25) is 0 Å². The molecule has 0 spiro atoms. The second-order valence-corrected chi connectivity index (χ2v) is 4.54. The van der Waals surface area contributed by atoms with Crippen LogP contribution in [0.3, 0.4) is 0 Å². The first-order valence-corrected chi connectivity index (χ1v) is 6.14. The quantitative estimate of drug-likeness (QED) is 0.693. The van der Waals surface area contributed by atoms with Crippen molar-refractivity contribution >= 4 is 17.0 Å². The van der Waals surface area contributed by atoms with Gasteiger partial charge in [0.15, 0.2) is 0 Å². The highest BCUT2D eigenvalue weighted by molar-refractivity contribution is 5.74. The number of rotatable bonds is 6. The topological polar surface area (TPSA) is 78.0 Å². The van der Waals surface area contributed by atoms with E-state index in [0.717, 1.165) is 11.3 Å². The summed E-state index contributed by atoms with van der Waals surface area (Å²) in [6.45, 7) is 2.70. The first-order valence-electron chi connectivity index (χ1n) is 6.14. The second kappa shape index (κ2) is 5.79. The highest BCUT2D eigenvalue weighted by Crippen LogP contribution is 2.12. The lowest BCUT2D eigenvalue weighted by Crippen LogP contribution is -2.28. The number of imidazole rings is 1. The molecule has 19 heavy (non-hydrogen) atoms. The lowest BCUT2D eigenvalue weighted by atomic mass is 10.2. The zero-order valence-corrected chi connectivity index (χ0v) is 10.6. The summed E-state index contributed by atoms with van der Waals surface area (Å²) >= 11 is 0. The highest BCUT2D eigenvalue weighted by atomic mass is 19.1. The fraction of sp³-hybridized carbons (Fsp3) is 0.385. The summed E-state index contributed by atoms with van der Waals surface area (Å²) in [5, 5.41) is 11.8. The van der Waals surface area contributed by atoms with Crippen LogP contribution in [-0.4, -0.2) is 34.1 Å². The fourth-order valence-electron chi connectivity index (χ4n) is 1.77. The number of fused-ring (bicyclic) bond motifs is 1. The number of aromatic amines is 1. The molecule has 1 atom stereocenters. The number of H-pyrrole nitrogens is 1. The standard InChI is InChI=1S/C13H16FN3O2/c1-8(13(18)19)7-15-5-4-12-16-10-3-2-9(14)6-11(10)17-12/h2-3,6,8,15H,4-5,7H2,1H3,(H,16,17)(H,18,19). The number of hydrogen-bond donors (Lipinski definition) is 3. The maximum absolute atomic E-state index is 13.0. The molecule has 0 saturated carbocycles. The van der Waals surface area contributed by atoms with Crippen LogP contribution in [0.4, 0.5) is 4.39 Å². The van der Waals surface area contributed by atoms with Crippen LogP contribution in [0, 0.1) is 11.7 Å². The number of hydrogen-bond acceptors (Lipinski definition) is 3. The van der Waals surface area contributed by atoms with Gasteiger partial charge in [0, 0.05) is 19.5 Å². The number of carboxylic acids is 1. The Balaban J connectivity index is 1.86. The Bertz CT molecular complexity index is 582. The lowest BCUT2D eigenvalue weighted by molar-refractivity contribution is -0.140. The van der Waals surface area contributed by atoms with Gasteiger partial charge in [-0.25, -0.2) is 9.37 Å².